The van der Waals surface area contributed by atoms with E-state index >= 15 is 0 Å². The summed E-state index contributed by atoms with van der Waals surface area (Å²) in [6, 6.07) is 4.68. The average Bonchev–Trinajstić information content (AvgIpc) is 2.61. The number of hydrogen-bond acceptors (Lipinski definition) is 6. The monoisotopic (exact) mass is 406 g/mol. The van der Waals surface area contributed by atoms with Crippen molar-refractivity contribution >= 4 is 28.2 Å². The van der Waals surface area contributed by atoms with Crippen LogP contribution in [-0.2, 0) is 14.6 Å². The van der Waals surface area contributed by atoms with E-state index in [9.17, 15) is 13.2 Å². The van der Waals surface area contributed by atoms with E-state index in [-0.39, 0.29) is 47.5 Å². The first-order valence-corrected chi connectivity index (χ1v) is 9.93. The molecule has 1 heterocycles. The molecule has 9 heteroatoms. The lowest BCUT2D eigenvalue weighted by Gasteiger charge is -2.38. The largest absolute Gasteiger partial charge is 0.493 e. The minimum Gasteiger partial charge on any atom is -0.493 e. The Bertz CT molecular complexity index is 726. The minimum atomic E-state index is -3.58. The van der Waals surface area contributed by atoms with E-state index in [1.165, 1.54) is 26.4 Å². The first-order chi connectivity index (χ1) is 11.8. The highest BCUT2D eigenvalue weighted by atomic mass is 35.5. The lowest BCUT2D eigenvalue weighted by atomic mass is 10.1. The molecule has 2 rings (SSSR count). The number of benzene rings is 1. The van der Waals surface area contributed by atoms with E-state index in [1.807, 2.05) is 13.8 Å². The highest BCUT2D eigenvalue weighted by Crippen LogP contribution is 2.30. The predicted octanol–water partition coefficient (Wildman–Crippen LogP) is 1.50. The van der Waals surface area contributed by atoms with Gasteiger partial charge in [-0.1, -0.05) is 0 Å². The molecule has 0 spiro atoms. The lowest BCUT2D eigenvalue weighted by Crippen LogP contribution is -2.57. The highest BCUT2D eigenvalue weighted by Gasteiger charge is 2.29. The number of rotatable bonds is 6. The number of nitrogens with zero attached hydrogens (tertiary/aromatic N) is 1. The third-order valence-corrected chi connectivity index (χ3v) is 6.37. The van der Waals surface area contributed by atoms with Gasteiger partial charge >= 0.3 is 0 Å². The predicted molar refractivity (Wildman–Crippen MR) is 102 cm³/mol. The summed E-state index contributed by atoms with van der Waals surface area (Å²) in [6.45, 7) is 5.31. The molecule has 0 aromatic heterocycles. The van der Waals surface area contributed by atoms with Gasteiger partial charge in [-0.25, -0.2) is 8.42 Å². The van der Waals surface area contributed by atoms with E-state index < -0.39 is 9.84 Å². The fraction of sp³-hybridized carbons (Fsp3) is 0.588. The van der Waals surface area contributed by atoms with Gasteiger partial charge < -0.3 is 19.7 Å². The third-order valence-electron chi connectivity index (χ3n) is 4.65. The van der Waals surface area contributed by atoms with Crippen molar-refractivity contribution in [3.63, 3.8) is 0 Å². The molecule has 148 valence electrons. The summed E-state index contributed by atoms with van der Waals surface area (Å²) in [4.78, 5) is 14.3. The number of carbonyl (C=O) groups is 1. The van der Waals surface area contributed by atoms with Gasteiger partial charge in [0.2, 0.25) is 5.91 Å². The van der Waals surface area contributed by atoms with Crippen molar-refractivity contribution in [2.45, 2.75) is 37.2 Å². The van der Waals surface area contributed by atoms with Gasteiger partial charge in [-0.3, -0.25) is 4.79 Å². The molecule has 2 unspecified atom stereocenters. The van der Waals surface area contributed by atoms with Gasteiger partial charge in [0.25, 0.3) is 0 Å². The molecule has 1 N–H and O–H groups in total. The second kappa shape index (κ2) is 9.43. The molecule has 0 radical (unpaired) electrons. The van der Waals surface area contributed by atoms with Crippen molar-refractivity contribution in [1.82, 2.24) is 10.2 Å². The second-order valence-electron chi connectivity index (χ2n) is 6.16. The molecule has 1 aliphatic rings. The number of methoxy groups -OCH3 is 2. The Kier molecular flexibility index (Phi) is 8.17. The first kappa shape index (κ1) is 22.5. The van der Waals surface area contributed by atoms with Crippen LogP contribution >= 0.6 is 12.4 Å². The van der Waals surface area contributed by atoms with Gasteiger partial charge in [0.15, 0.2) is 21.3 Å². The number of carbonyl (C=O) groups excluding carboxylic acids is 1. The van der Waals surface area contributed by atoms with Gasteiger partial charge in [-0.05, 0) is 26.0 Å². The van der Waals surface area contributed by atoms with Crippen LogP contribution in [0.2, 0.25) is 0 Å². The third kappa shape index (κ3) is 5.02. The number of piperazine rings is 1. The summed E-state index contributed by atoms with van der Waals surface area (Å²) < 4.78 is 35.4. The zero-order valence-corrected chi connectivity index (χ0v) is 17.2. The highest BCUT2D eigenvalue weighted by molar-refractivity contribution is 7.91. The summed E-state index contributed by atoms with van der Waals surface area (Å²) in [7, 11) is -0.646. The molecule has 1 aliphatic heterocycles. The van der Waals surface area contributed by atoms with Gasteiger partial charge in [0.05, 0.1) is 24.9 Å². The molecule has 2 atom stereocenters. The number of amides is 1. The maximum atomic E-state index is 12.6. The van der Waals surface area contributed by atoms with E-state index in [4.69, 9.17) is 9.47 Å². The standard InChI is InChI=1S/C17H26N2O5S.ClH/c1-12-13(2)19(9-8-18-12)17(20)7-10-25(21,22)14-5-6-15(23-3)16(11-14)24-4;/h5-6,11-13,18H,7-10H2,1-4H3;1H. The smallest absolute Gasteiger partial charge is 0.223 e. The van der Waals surface area contributed by atoms with Crippen LogP contribution in [0.3, 0.4) is 0 Å². The van der Waals surface area contributed by atoms with E-state index in [0.29, 0.717) is 18.0 Å². The molecule has 0 aliphatic carbocycles. The van der Waals surface area contributed by atoms with Crippen LogP contribution in [0.25, 0.3) is 0 Å². The van der Waals surface area contributed by atoms with Gasteiger partial charge in [0, 0.05) is 37.7 Å². The average molecular weight is 407 g/mol. The van der Waals surface area contributed by atoms with Crippen LogP contribution in [0.5, 0.6) is 11.5 Å². The van der Waals surface area contributed by atoms with Gasteiger partial charge in [0.1, 0.15) is 0 Å². The molecule has 26 heavy (non-hydrogen) atoms. The lowest BCUT2D eigenvalue weighted by molar-refractivity contribution is -0.134. The van der Waals surface area contributed by atoms with Crippen molar-refractivity contribution in [3.8, 4) is 11.5 Å². The molecule has 1 fully saturated rings. The number of halogens is 1. The van der Waals surface area contributed by atoms with E-state index in [2.05, 4.69) is 5.32 Å². The maximum absolute atomic E-state index is 12.6. The Labute approximate surface area is 161 Å². The Morgan fingerprint density at radius 2 is 1.88 bits per heavy atom. The van der Waals surface area contributed by atoms with Crippen molar-refractivity contribution < 1.29 is 22.7 Å². The van der Waals surface area contributed by atoms with Crippen molar-refractivity contribution in [2.24, 2.45) is 0 Å². The summed E-state index contributed by atoms with van der Waals surface area (Å²) in [5.74, 6) is 0.442. The SMILES string of the molecule is COc1ccc(S(=O)(=O)CCC(=O)N2CCNC(C)C2C)cc1OC.Cl. The maximum Gasteiger partial charge on any atom is 0.223 e. The Morgan fingerprint density at radius 1 is 1.23 bits per heavy atom. The minimum absolute atomic E-state index is 0. The summed E-state index contributed by atoms with van der Waals surface area (Å²) in [5.41, 5.74) is 0. The summed E-state index contributed by atoms with van der Waals surface area (Å²) in [6.07, 6.45) is -0.0340. The van der Waals surface area contributed by atoms with Crippen molar-refractivity contribution in [3.05, 3.63) is 18.2 Å². The molecular weight excluding hydrogens is 380 g/mol. The van der Waals surface area contributed by atoms with Gasteiger partial charge in [-0.2, -0.15) is 0 Å². The molecule has 7 nitrogen and oxygen atoms in total. The second-order valence-corrected chi connectivity index (χ2v) is 8.27. The van der Waals surface area contributed by atoms with Crippen LogP contribution < -0.4 is 14.8 Å². The molecule has 1 saturated heterocycles. The zero-order chi connectivity index (χ0) is 18.6. The van der Waals surface area contributed by atoms with Crippen LogP contribution in [-0.4, -0.2) is 64.4 Å². The van der Waals surface area contributed by atoms with Crippen LogP contribution in [0.15, 0.2) is 23.1 Å². The molecular formula is C17H27ClN2O5S. The fourth-order valence-corrected chi connectivity index (χ4v) is 4.14. The molecule has 1 amide bonds. The number of nitrogens with one attached hydrogen (secondary N) is 1. The molecule has 0 saturated carbocycles. The van der Waals surface area contributed by atoms with Crippen molar-refractivity contribution in [1.29, 1.82) is 0 Å². The van der Waals surface area contributed by atoms with Crippen LogP contribution in [0.1, 0.15) is 20.3 Å². The summed E-state index contributed by atoms with van der Waals surface area (Å²) >= 11 is 0. The molecule has 1 aromatic carbocycles. The Hall–Kier alpha value is -1.51. The van der Waals surface area contributed by atoms with Crippen LogP contribution in [0, 0.1) is 0 Å². The zero-order valence-electron chi connectivity index (χ0n) is 15.5. The van der Waals surface area contributed by atoms with E-state index in [0.717, 1.165) is 6.54 Å². The Balaban J connectivity index is 0.00000338. The van der Waals surface area contributed by atoms with Crippen molar-refractivity contribution in [2.75, 3.05) is 33.1 Å². The number of hydrogen-bond donors (Lipinski definition) is 1. The van der Waals surface area contributed by atoms with Gasteiger partial charge in [-0.15, -0.1) is 12.4 Å². The quantitative estimate of drug-likeness (QED) is 0.770. The van der Waals surface area contributed by atoms with Crippen LogP contribution in [0.4, 0.5) is 0 Å². The Morgan fingerprint density at radius 3 is 2.50 bits per heavy atom. The normalized spacial score (nSPS) is 20.2. The fourth-order valence-electron chi connectivity index (χ4n) is 2.90. The molecule has 1 aromatic rings. The van der Waals surface area contributed by atoms with E-state index in [1.54, 1.807) is 11.0 Å². The first-order valence-electron chi connectivity index (χ1n) is 8.27. The summed E-state index contributed by atoms with van der Waals surface area (Å²) in [5, 5.41) is 3.30. The topological polar surface area (TPSA) is 84.9 Å². The number of ether oxygens (including phenoxy) is 2. The molecule has 0 bridgehead atoms. The number of sulfone groups is 1.